The van der Waals surface area contributed by atoms with Gasteiger partial charge in [-0.25, -0.2) is 0 Å². The molecule has 1 aromatic rings. The van der Waals surface area contributed by atoms with E-state index in [0.29, 0.717) is 18.8 Å². The van der Waals surface area contributed by atoms with E-state index < -0.39 is 10.5 Å². The summed E-state index contributed by atoms with van der Waals surface area (Å²) in [7, 11) is 0. The van der Waals surface area contributed by atoms with E-state index >= 15 is 0 Å². The Morgan fingerprint density at radius 3 is 2.20 bits per heavy atom. The van der Waals surface area contributed by atoms with Gasteiger partial charge in [0.15, 0.2) is 0 Å². The second kappa shape index (κ2) is 6.11. The Hall–Kier alpha value is -1.11. The first-order valence-electron chi connectivity index (χ1n) is 6.43. The molecular weight excluding hydrogens is 280 g/mol. The van der Waals surface area contributed by atoms with Crippen molar-refractivity contribution in [1.29, 1.82) is 0 Å². The van der Waals surface area contributed by atoms with Crippen LogP contribution in [0.15, 0.2) is 47.1 Å². The van der Waals surface area contributed by atoms with Crippen molar-refractivity contribution in [3.8, 4) is 0 Å². The predicted octanol–water partition coefficient (Wildman–Crippen LogP) is 0.781. The van der Waals surface area contributed by atoms with Crippen molar-refractivity contribution in [1.82, 2.24) is 4.90 Å². The normalized spacial score (nSPS) is 29.2. The fourth-order valence-corrected chi connectivity index (χ4v) is 2.51. The maximum Gasteiger partial charge on any atom is 0.134 e. The topological polar surface area (TPSA) is 82.9 Å². The van der Waals surface area contributed by atoms with Gasteiger partial charge in [0.2, 0.25) is 0 Å². The molecule has 5 nitrogen and oxygen atoms in total. The van der Waals surface area contributed by atoms with Crippen molar-refractivity contribution < 1.29 is 14.6 Å². The fraction of sp³-hybridized carbons (Fsp3) is 0.429. The molecule has 0 saturated carbocycles. The Morgan fingerprint density at radius 1 is 1.15 bits per heavy atom. The van der Waals surface area contributed by atoms with Gasteiger partial charge in [-0.05, 0) is 24.3 Å². The van der Waals surface area contributed by atoms with Gasteiger partial charge in [0.05, 0.1) is 19.5 Å². The predicted molar refractivity (Wildman–Crippen MR) is 77.2 cm³/mol. The van der Waals surface area contributed by atoms with Crippen LogP contribution in [0.1, 0.15) is 5.76 Å². The molecule has 0 radical (unpaired) electrons. The minimum atomic E-state index is -0.902. The van der Waals surface area contributed by atoms with E-state index in [1.807, 2.05) is 0 Å². The van der Waals surface area contributed by atoms with E-state index in [0.717, 1.165) is 0 Å². The van der Waals surface area contributed by atoms with Crippen molar-refractivity contribution >= 4 is 11.6 Å². The van der Waals surface area contributed by atoms with Gasteiger partial charge >= 0.3 is 0 Å². The highest BCUT2D eigenvalue weighted by Gasteiger charge is 2.36. The molecule has 0 amide bonds. The number of nitrogens with zero attached hydrogens (tertiary/aromatic N) is 1. The first-order valence-corrected chi connectivity index (χ1v) is 6.81. The van der Waals surface area contributed by atoms with E-state index in [-0.39, 0.29) is 13.2 Å². The van der Waals surface area contributed by atoms with Crippen LogP contribution >= 0.6 is 11.6 Å². The third kappa shape index (κ3) is 2.97. The van der Waals surface area contributed by atoms with Crippen molar-refractivity contribution in [2.75, 3.05) is 26.3 Å². The molecule has 2 rings (SSSR count). The molecule has 0 bridgehead atoms. The molecule has 0 aromatic carbocycles. The lowest BCUT2D eigenvalue weighted by molar-refractivity contribution is 0.138. The molecule has 0 unspecified atom stereocenters. The highest BCUT2D eigenvalue weighted by molar-refractivity contribution is 6.26. The molecule has 0 atom stereocenters. The molecule has 20 heavy (non-hydrogen) atoms. The third-order valence-electron chi connectivity index (χ3n) is 3.36. The number of aliphatic hydroxyl groups is 2. The van der Waals surface area contributed by atoms with Crippen LogP contribution in [-0.2, 0) is 5.54 Å². The number of hydrogen-bond donors (Lipinski definition) is 3. The van der Waals surface area contributed by atoms with Crippen LogP contribution in [0.4, 0.5) is 0 Å². The second-order valence-electron chi connectivity index (χ2n) is 4.74. The van der Waals surface area contributed by atoms with Gasteiger partial charge in [-0.3, -0.25) is 4.90 Å². The molecule has 0 saturated heterocycles. The number of halogens is 1. The first kappa shape index (κ1) is 15.3. The fourth-order valence-electron chi connectivity index (χ4n) is 2.22. The minimum Gasteiger partial charge on any atom is -0.467 e. The summed E-state index contributed by atoms with van der Waals surface area (Å²) in [6, 6.07) is 3.58. The van der Waals surface area contributed by atoms with Gasteiger partial charge < -0.3 is 20.4 Å². The van der Waals surface area contributed by atoms with E-state index in [9.17, 15) is 0 Å². The van der Waals surface area contributed by atoms with Crippen LogP contribution in [0.2, 0.25) is 0 Å². The Morgan fingerprint density at radius 2 is 1.75 bits per heavy atom. The maximum absolute atomic E-state index is 9.09. The number of nitrogens with two attached hydrogens (primary N) is 1. The average molecular weight is 299 g/mol. The molecule has 1 aliphatic rings. The highest BCUT2D eigenvalue weighted by atomic mass is 35.5. The van der Waals surface area contributed by atoms with Crippen molar-refractivity contribution in [2.24, 2.45) is 5.73 Å². The molecule has 4 N–H and O–H groups in total. The van der Waals surface area contributed by atoms with Gasteiger partial charge in [-0.2, -0.15) is 0 Å². The summed E-state index contributed by atoms with van der Waals surface area (Å²) in [6.07, 6.45) is 8.60. The zero-order chi connectivity index (χ0) is 14.6. The van der Waals surface area contributed by atoms with E-state index in [1.54, 1.807) is 47.6 Å². The summed E-state index contributed by atoms with van der Waals surface area (Å²) in [5.41, 5.74) is 5.42. The summed E-state index contributed by atoms with van der Waals surface area (Å²) in [5.74, 6) is 0.625. The number of rotatable bonds is 6. The molecule has 110 valence electrons. The molecule has 1 aliphatic carbocycles. The standard InChI is InChI=1S/C14H19ClN2O3/c15-14(17(7-9-18)8-10-19)5-3-13(16,4-6-14)12-2-1-11-20-12/h1-6,11,18-19H,7-10,16H2. The summed E-state index contributed by atoms with van der Waals surface area (Å²) in [4.78, 5) is 0.865. The number of alkyl halides is 1. The SMILES string of the molecule is NC1(c2ccco2)C=CC(Cl)(N(CCO)CCO)C=C1. The molecule has 0 fully saturated rings. The van der Waals surface area contributed by atoms with Gasteiger partial charge in [-0.15, -0.1) is 0 Å². The number of hydrogen-bond acceptors (Lipinski definition) is 5. The Kier molecular flexibility index (Phi) is 4.67. The molecule has 0 aliphatic heterocycles. The van der Waals surface area contributed by atoms with Crippen LogP contribution in [0, 0.1) is 0 Å². The van der Waals surface area contributed by atoms with Crippen molar-refractivity contribution in [3.05, 3.63) is 48.5 Å². The zero-order valence-electron chi connectivity index (χ0n) is 11.1. The van der Waals surface area contributed by atoms with E-state index in [2.05, 4.69) is 0 Å². The number of furan rings is 1. The minimum absolute atomic E-state index is 0.0396. The lowest BCUT2D eigenvalue weighted by Crippen LogP contribution is -2.47. The molecule has 6 heteroatoms. The Bertz CT molecular complexity index is 465. The maximum atomic E-state index is 9.09. The van der Waals surface area contributed by atoms with Gasteiger partial charge in [0.1, 0.15) is 16.3 Å². The quantitative estimate of drug-likeness (QED) is 0.411. The first-order chi connectivity index (χ1) is 9.54. The van der Waals surface area contributed by atoms with E-state index in [4.69, 9.17) is 32.0 Å². The Balaban J connectivity index is 2.20. The molecular formula is C14H19ClN2O3. The third-order valence-corrected chi connectivity index (χ3v) is 3.85. The van der Waals surface area contributed by atoms with Crippen LogP contribution < -0.4 is 5.73 Å². The second-order valence-corrected chi connectivity index (χ2v) is 5.34. The summed E-state index contributed by atoms with van der Waals surface area (Å²) in [5, 5.41) is 18.2. The summed E-state index contributed by atoms with van der Waals surface area (Å²) >= 11 is 6.53. The Labute approximate surface area is 122 Å². The average Bonchev–Trinajstić information content (AvgIpc) is 2.97. The van der Waals surface area contributed by atoms with Crippen molar-refractivity contribution in [2.45, 2.75) is 10.5 Å². The zero-order valence-corrected chi connectivity index (χ0v) is 11.8. The monoisotopic (exact) mass is 298 g/mol. The van der Waals surface area contributed by atoms with Gasteiger partial charge in [0.25, 0.3) is 0 Å². The van der Waals surface area contributed by atoms with Crippen LogP contribution in [0.25, 0.3) is 0 Å². The smallest absolute Gasteiger partial charge is 0.134 e. The summed E-state index contributed by atoms with van der Waals surface area (Å²) < 4.78 is 5.34. The number of aliphatic hydroxyl groups excluding tert-OH is 2. The highest BCUT2D eigenvalue weighted by Crippen LogP contribution is 2.34. The summed E-state index contributed by atoms with van der Waals surface area (Å²) in [6.45, 7) is 0.637. The van der Waals surface area contributed by atoms with Gasteiger partial charge in [0, 0.05) is 13.1 Å². The molecule has 0 spiro atoms. The largest absolute Gasteiger partial charge is 0.467 e. The van der Waals surface area contributed by atoms with E-state index in [1.165, 1.54) is 0 Å². The van der Waals surface area contributed by atoms with Crippen molar-refractivity contribution in [3.63, 3.8) is 0 Å². The van der Waals surface area contributed by atoms with Crippen LogP contribution in [0.3, 0.4) is 0 Å². The molecule has 1 aromatic heterocycles. The van der Waals surface area contributed by atoms with Gasteiger partial charge in [-0.1, -0.05) is 23.8 Å². The lowest BCUT2D eigenvalue weighted by atomic mass is 9.90. The van der Waals surface area contributed by atoms with Crippen LogP contribution in [-0.4, -0.2) is 46.4 Å². The molecule has 1 heterocycles. The lowest BCUT2D eigenvalue weighted by Gasteiger charge is -2.38. The van der Waals surface area contributed by atoms with Crippen LogP contribution in [0.5, 0.6) is 0 Å².